The molecule has 0 aromatic carbocycles. The van der Waals surface area contributed by atoms with E-state index in [4.69, 9.17) is 10.9 Å². The fourth-order valence-corrected chi connectivity index (χ4v) is 0.770. The van der Waals surface area contributed by atoms with Gasteiger partial charge in [0.05, 0.1) is 0 Å². The average molecular weight is 170 g/mol. The van der Waals surface area contributed by atoms with Crippen LogP contribution in [0, 0.1) is 0 Å². The van der Waals surface area contributed by atoms with E-state index in [-0.39, 0.29) is 5.69 Å². The molecular weight excluding hydrogens is 160 g/mol. The van der Waals surface area contributed by atoms with E-state index in [0.717, 1.165) is 6.26 Å². The van der Waals surface area contributed by atoms with Crippen LogP contribution in [0.15, 0.2) is 21.7 Å². The van der Waals surface area contributed by atoms with Gasteiger partial charge in [-0.05, 0) is 6.92 Å². The normalized spacial score (nSPS) is 9.83. The van der Waals surface area contributed by atoms with Crippen molar-refractivity contribution in [2.24, 2.45) is 5.84 Å². The molecule has 0 radical (unpaired) electrons. The van der Waals surface area contributed by atoms with Gasteiger partial charge in [0.25, 0.3) is 5.43 Å². The third kappa shape index (κ3) is 1.40. The van der Waals surface area contributed by atoms with Gasteiger partial charge in [-0.2, -0.15) is 0 Å². The molecule has 12 heavy (non-hydrogen) atoms. The van der Waals surface area contributed by atoms with Gasteiger partial charge in [-0.25, -0.2) is 5.84 Å². The van der Waals surface area contributed by atoms with Crippen LogP contribution in [0.2, 0.25) is 0 Å². The van der Waals surface area contributed by atoms with Crippen LogP contribution in [-0.4, -0.2) is 11.7 Å². The van der Waals surface area contributed by atoms with Gasteiger partial charge in [-0.3, -0.25) is 4.79 Å². The van der Waals surface area contributed by atoms with Crippen molar-refractivity contribution >= 4 is 5.69 Å². The lowest BCUT2D eigenvalue weighted by molar-refractivity contribution is 0.429. The predicted octanol–water partition coefficient (Wildman–Crippen LogP) is 0.0454. The number of nitrogens with two attached hydrogens (primary N) is 1. The molecule has 0 bridgehead atoms. The third-order valence-electron chi connectivity index (χ3n) is 1.47. The molecule has 66 valence electrons. The maximum absolute atomic E-state index is 11.1. The number of hydrogen-bond acceptors (Lipinski definition) is 5. The summed E-state index contributed by atoms with van der Waals surface area (Å²) in [5.74, 6) is 4.99. The zero-order chi connectivity index (χ0) is 9.14. The molecule has 0 saturated heterocycles. The first-order valence-electron chi connectivity index (χ1n) is 3.48. The molecule has 0 aliphatic carbocycles. The summed E-state index contributed by atoms with van der Waals surface area (Å²) >= 11 is 0. The summed E-state index contributed by atoms with van der Waals surface area (Å²) in [6.45, 7) is 2.25. The predicted molar refractivity (Wildman–Crippen MR) is 43.9 cm³/mol. The van der Waals surface area contributed by atoms with E-state index in [0.29, 0.717) is 6.54 Å². The van der Waals surface area contributed by atoms with Crippen molar-refractivity contribution in [3.63, 3.8) is 0 Å². The molecule has 5 heteroatoms. The second-order valence-corrected chi connectivity index (χ2v) is 2.26. The summed E-state index contributed by atoms with van der Waals surface area (Å²) in [7, 11) is 0. The van der Waals surface area contributed by atoms with Gasteiger partial charge in [0.2, 0.25) is 5.75 Å². The molecular formula is C7H10N2O3. The minimum atomic E-state index is -0.523. The van der Waals surface area contributed by atoms with Gasteiger partial charge in [0, 0.05) is 6.54 Å². The van der Waals surface area contributed by atoms with Crippen molar-refractivity contribution in [1.29, 1.82) is 0 Å². The Morgan fingerprint density at radius 3 is 2.92 bits per heavy atom. The van der Waals surface area contributed by atoms with E-state index in [2.05, 4.69) is 4.42 Å². The van der Waals surface area contributed by atoms with E-state index in [1.807, 2.05) is 0 Å². The first kappa shape index (κ1) is 8.61. The van der Waals surface area contributed by atoms with Crippen molar-refractivity contribution in [2.75, 3.05) is 11.6 Å². The molecule has 0 atom stereocenters. The van der Waals surface area contributed by atoms with Crippen LogP contribution >= 0.6 is 0 Å². The van der Waals surface area contributed by atoms with E-state index >= 15 is 0 Å². The van der Waals surface area contributed by atoms with Crippen molar-refractivity contribution in [2.45, 2.75) is 6.92 Å². The highest BCUT2D eigenvalue weighted by Crippen LogP contribution is 2.08. The topological polar surface area (TPSA) is 79.7 Å². The summed E-state index contributed by atoms with van der Waals surface area (Å²) in [4.78, 5) is 11.1. The molecule has 3 N–H and O–H groups in total. The van der Waals surface area contributed by atoms with E-state index in [9.17, 15) is 4.79 Å². The Balaban J connectivity index is 3.17. The second-order valence-electron chi connectivity index (χ2n) is 2.26. The quantitative estimate of drug-likeness (QED) is 0.484. The van der Waals surface area contributed by atoms with Crippen LogP contribution in [0.25, 0.3) is 0 Å². The van der Waals surface area contributed by atoms with E-state index < -0.39 is 11.2 Å². The molecule has 0 saturated carbocycles. The minimum Gasteiger partial charge on any atom is -0.502 e. The molecule has 1 heterocycles. The number of anilines is 1. The third-order valence-corrected chi connectivity index (χ3v) is 1.47. The van der Waals surface area contributed by atoms with Gasteiger partial charge < -0.3 is 14.5 Å². The average Bonchev–Trinajstić information content (AvgIpc) is 2.08. The van der Waals surface area contributed by atoms with Crippen molar-refractivity contribution in [3.8, 4) is 5.75 Å². The monoisotopic (exact) mass is 170 g/mol. The van der Waals surface area contributed by atoms with Gasteiger partial charge >= 0.3 is 0 Å². The number of hydrogen-bond donors (Lipinski definition) is 2. The Hall–Kier alpha value is -1.49. The lowest BCUT2D eigenvalue weighted by Gasteiger charge is -2.13. The fraction of sp³-hybridized carbons (Fsp3) is 0.286. The van der Waals surface area contributed by atoms with Crippen LogP contribution in [0.3, 0.4) is 0 Å². The Morgan fingerprint density at radius 2 is 2.33 bits per heavy atom. The van der Waals surface area contributed by atoms with Crippen LogP contribution < -0.4 is 16.3 Å². The highest BCUT2D eigenvalue weighted by molar-refractivity contribution is 5.44. The SMILES string of the molecule is CCN(N)c1cocc(O)c1=O. The number of nitrogens with zero attached hydrogens (tertiary/aromatic N) is 1. The standard InChI is InChI=1S/C7H10N2O3/c1-2-9(8)5-3-12-4-6(10)7(5)11/h3-4,10H,2,8H2,1H3. The second kappa shape index (κ2) is 3.27. The van der Waals surface area contributed by atoms with E-state index in [1.54, 1.807) is 6.92 Å². The summed E-state index contributed by atoms with van der Waals surface area (Å²) in [5, 5.41) is 10.2. The van der Waals surface area contributed by atoms with Crippen molar-refractivity contribution in [1.82, 2.24) is 0 Å². The lowest BCUT2D eigenvalue weighted by atomic mass is 10.4. The molecule has 0 aliphatic heterocycles. The molecule has 1 rings (SSSR count). The van der Waals surface area contributed by atoms with Crippen molar-refractivity contribution in [3.05, 3.63) is 22.7 Å². The number of aromatic hydroxyl groups is 1. The summed E-state index contributed by atoms with van der Waals surface area (Å²) in [6.07, 6.45) is 2.17. The zero-order valence-corrected chi connectivity index (χ0v) is 6.65. The van der Waals surface area contributed by atoms with Gasteiger partial charge in [0.1, 0.15) is 18.2 Å². The zero-order valence-electron chi connectivity index (χ0n) is 6.65. The molecule has 0 spiro atoms. The van der Waals surface area contributed by atoms with Crippen LogP contribution in [0.5, 0.6) is 5.75 Å². The Morgan fingerprint density at radius 1 is 1.67 bits per heavy atom. The summed E-state index contributed by atoms with van der Waals surface area (Å²) in [5.41, 5.74) is -0.372. The Bertz CT molecular complexity index is 321. The molecule has 0 amide bonds. The molecule has 0 aliphatic rings. The Kier molecular flexibility index (Phi) is 2.35. The van der Waals surface area contributed by atoms with Crippen LogP contribution in [0.1, 0.15) is 6.92 Å². The van der Waals surface area contributed by atoms with Gasteiger partial charge in [-0.15, -0.1) is 0 Å². The largest absolute Gasteiger partial charge is 0.502 e. The van der Waals surface area contributed by atoms with Crippen LogP contribution in [-0.2, 0) is 0 Å². The highest BCUT2D eigenvalue weighted by Gasteiger charge is 2.08. The fourth-order valence-electron chi connectivity index (χ4n) is 0.770. The lowest BCUT2D eigenvalue weighted by Crippen LogP contribution is -2.34. The molecule has 0 unspecified atom stereocenters. The summed E-state index contributed by atoms with van der Waals surface area (Å²) in [6, 6.07) is 0. The highest BCUT2D eigenvalue weighted by atomic mass is 16.3. The smallest absolute Gasteiger partial charge is 0.251 e. The maximum Gasteiger partial charge on any atom is 0.251 e. The molecule has 1 aromatic heterocycles. The minimum absolute atomic E-state index is 0.150. The molecule has 1 aromatic rings. The first-order valence-corrected chi connectivity index (χ1v) is 3.48. The molecule has 0 fully saturated rings. The maximum atomic E-state index is 11.1. The van der Waals surface area contributed by atoms with Gasteiger partial charge in [-0.1, -0.05) is 0 Å². The van der Waals surface area contributed by atoms with Gasteiger partial charge in [0.15, 0.2) is 0 Å². The first-order chi connectivity index (χ1) is 5.66. The number of rotatable bonds is 2. The van der Waals surface area contributed by atoms with Crippen LogP contribution in [0.4, 0.5) is 5.69 Å². The number of hydrazine groups is 1. The molecule has 5 nitrogen and oxygen atoms in total. The summed E-state index contributed by atoms with van der Waals surface area (Å²) < 4.78 is 4.67. The van der Waals surface area contributed by atoms with Crippen molar-refractivity contribution < 1.29 is 9.52 Å². The van der Waals surface area contributed by atoms with E-state index in [1.165, 1.54) is 11.3 Å². The Labute approximate surface area is 69.0 Å².